The highest BCUT2D eigenvalue weighted by Crippen LogP contribution is 2.30. The Labute approximate surface area is 118 Å². The SMILES string of the molecule is O=C(CNC(=O)NC1CC1)Nc1cccc(C(F)(F)F)c1. The van der Waals surface area contributed by atoms with E-state index in [0.29, 0.717) is 0 Å². The first-order chi connectivity index (χ1) is 9.84. The second-order valence-electron chi connectivity index (χ2n) is 4.73. The fourth-order valence-corrected chi connectivity index (χ4v) is 1.60. The van der Waals surface area contributed by atoms with Crippen LogP contribution in [0.25, 0.3) is 0 Å². The van der Waals surface area contributed by atoms with Crippen LogP contribution in [0.4, 0.5) is 23.7 Å². The van der Waals surface area contributed by atoms with Crippen LogP contribution in [-0.2, 0) is 11.0 Å². The second kappa shape index (κ2) is 6.02. The molecule has 0 unspecified atom stereocenters. The van der Waals surface area contributed by atoms with Gasteiger partial charge in [-0.2, -0.15) is 13.2 Å². The molecule has 0 aromatic heterocycles. The van der Waals surface area contributed by atoms with Crippen LogP contribution in [0.5, 0.6) is 0 Å². The van der Waals surface area contributed by atoms with E-state index in [4.69, 9.17) is 0 Å². The third-order valence-electron chi connectivity index (χ3n) is 2.80. The van der Waals surface area contributed by atoms with E-state index in [9.17, 15) is 22.8 Å². The first kappa shape index (κ1) is 15.1. The number of carbonyl (C=O) groups excluding carboxylic acids is 2. The van der Waals surface area contributed by atoms with Crippen LogP contribution in [0.15, 0.2) is 24.3 Å². The number of nitrogens with one attached hydrogen (secondary N) is 3. The number of urea groups is 1. The zero-order valence-corrected chi connectivity index (χ0v) is 11.0. The molecule has 2 rings (SSSR count). The van der Waals surface area contributed by atoms with Crippen LogP contribution in [0.1, 0.15) is 18.4 Å². The van der Waals surface area contributed by atoms with Gasteiger partial charge in [0.15, 0.2) is 0 Å². The van der Waals surface area contributed by atoms with Gasteiger partial charge in [-0.05, 0) is 31.0 Å². The maximum Gasteiger partial charge on any atom is 0.416 e. The van der Waals surface area contributed by atoms with E-state index in [1.807, 2.05) is 0 Å². The molecule has 1 aliphatic carbocycles. The Morgan fingerprint density at radius 1 is 1.24 bits per heavy atom. The highest BCUT2D eigenvalue weighted by Gasteiger charge is 2.30. The van der Waals surface area contributed by atoms with Gasteiger partial charge in [-0.25, -0.2) is 4.79 Å². The standard InChI is InChI=1S/C13H14F3N3O2/c14-13(15,16)8-2-1-3-10(6-8)18-11(20)7-17-12(21)19-9-4-5-9/h1-3,6,9H,4-5,7H2,(H,18,20)(H2,17,19,21). The summed E-state index contributed by atoms with van der Waals surface area (Å²) >= 11 is 0. The lowest BCUT2D eigenvalue weighted by Crippen LogP contribution is -2.40. The zero-order valence-electron chi connectivity index (χ0n) is 11.0. The van der Waals surface area contributed by atoms with Crippen LogP contribution < -0.4 is 16.0 Å². The largest absolute Gasteiger partial charge is 0.416 e. The Kier molecular flexibility index (Phi) is 4.35. The smallest absolute Gasteiger partial charge is 0.335 e. The maximum absolute atomic E-state index is 12.5. The lowest BCUT2D eigenvalue weighted by molar-refractivity contribution is -0.137. The van der Waals surface area contributed by atoms with E-state index in [1.165, 1.54) is 12.1 Å². The number of anilines is 1. The predicted molar refractivity (Wildman–Crippen MR) is 69.6 cm³/mol. The molecular formula is C13H14F3N3O2. The number of halogens is 3. The first-order valence-corrected chi connectivity index (χ1v) is 6.36. The Morgan fingerprint density at radius 2 is 1.95 bits per heavy atom. The molecule has 0 radical (unpaired) electrons. The first-order valence-electron chi connectivity index (χ1n) is 6.36. The molecule has 1 aromatic rings. The number of hydrogen-bond donors (Lipinski definition) is 3. The molecule has 21 heavy (non-hydrogen) atoms. The average Bonchev–Trinajstić information content (AvgIpc) is 3.20. The van der Waals surface area contributed by atoms with Gasteiger partial charge in [-0.15, -0.1) is 0 Å². The van der Waals surface area contributed by atoms with Crippen molar-refractivity contribution in [2.24, 2.45) is 0 Å². The van der Waals surface area contributed by atoms with Gasteiger partial charge < -0.3 is 16.0 Å². The van der Waals surface area contributed by atoms with E-state index in [-0.39, 0.29) is 18.3 Å². The summed E-state index contributed by atoms with van der Waals surface area (Å²) in [4.78, 5) is 22.8. The molecule has 1 aliphatic rings. The fourth-order valence-electron chi connectivity index (χ4n) is 1.60. The van der Waals surface area contributed by atoms with Gasteiger partial charge >= 0.3 is 12.2 Å². The lowest BCUT2D eigenvalue weighted by atomic mass is 10.2. The van der Waals surface area contributed by atoms with Crippen molar-refractivity contribution in [3.63, 3.8) is 0 Å². The molecule has 1 saturated carbocycles. The molecular weight excluding hydrogens is 287 g/mol. The maximum atomic E-state index is 12.5. The van der Waals surface area contributed by atoms with E-state index < -0.39 is 23.7 Å². The highest BCUT2D eigenvalue weighted by molar-refractivity contribution is 5.94. The van der Waals surface area contributed by atoms with Gasteiger partial charge in [0.05, 0.1) is 12.1 Å². The highest BCUT2D eigenvalue weighted by atomic mass is 19.4. The Bertz CT molecular complexity index is 542. The van der Waals surface area contributed by atoms with Gasteiger partial charge in [0, 0.05) is 11.7 Å². The van der Waals surface area contributed by atoms with Gasteiger partial charge in [-0.3, -0.25) is 4.79 Å². The molecule has 0 spiro atoms. The molecule has 1 aromatic carbocycles. The van der Waals surface area contributed by atoms with Gasteiger partial charge in [-0.1, -0.05) is 6.07 Å². The van der Waals surface area contributed by atoms with E-state index >= 15 is 0 Å². The van der Waals surface area contributed by atoms with Crippen LogP contribution >= 0.6 is 0 Å². The normalized spacial score (nSPS) is 14.4. The topological polar surface area (TPSA) is 70.2 Å². The molecule has 1 fully saturated rings. The van der Waals surface area contributed by atoms with Crippen molar-refractivity contribution in [3.05, 3.63) is 29.8 Å². The minimum atomic E-state index is -4.47. The van der Waals surface area contributed by atoms with E-state index in [2.05, 4.69) is 16.0 Å². The average molecular weight is 301 g/mol. The van der Waals surface area contributed by atoms with E-state index in [1.54, 1.807) is 0 Å². The van der Waals surface area contributed by atoms with Crippen molar-refractivity contribution >= 4 is 17.6 Å². The van der Waals surface area contributed by atoms with E-state index in [0.717, 1.165) is 25.0 Å². The molecule has 3 N–H and O–H groups in total. The Balaban J connectivity index is 1.83. The second-order valence-corrected chi connectivity index (χ2v) is 4.73. The summed E-state index contributed by atoms with van der Waals surface area (Å²) in [6, 6.07) is 4.00. The molecule has 0 aliphatic heterocycles. The summed E-state index contributed by atoms with van der Waals surface area (Å²) < 4.78 is 37.5. The molecule has 5 nitrogen and oxygen atoms in total. The van der Waals surface area contributed by atoms with Crippen LogP contribution in [-0.4, -0.2) is 24.5 Å². The third-order valence-corrected chi connectivity index (χ3v) is 2.80. The minimum Gasteiger partial charge on any atom is -0.335 e. The monoisotopic (exact) mass is 301 g/mol. The van der Waals surface area contributed by atoms with Crippen molar-refractivity contribution in [1.82, 2.24) is 10.6 Å². The number of rotatable bonds is 4. The van der Waals surface area contributed by atoms with Crippen LogP contribution in [0.2, 0.25) is 0 Å². The molecule has 0 saturated heterocycles. The fraction of sp³-hybridized carbons (Fsp3) is 0.385. The van der Waals surface area contributed by atoms with Crippen molar-refractivity contribution in [2.75, 3.05) is 11.9 Å². The van der Waals surface area contributed by atoms with Crippen molar-refractivity contribution in [3.8, 4) is 0 Å². The van der Waals surface area contributed by atoms with Crippen LogP contribution in [0, 0.1) is 0 Å². The molecule has 0 heterocycles. The lowest BCUT2D eigenvalue weighted by Gasteiger charge is -2.10. The van der Waals surface area contributed by atoms with Crippen molar-refractivity contribution in [2.45, 2.75) is 25.1 Å². The number of alkyl halides is 3. The quantitative estimate of drug-likeness (QED) is 0.797. The molecule has 8 heteroatoms. The Morgan fingerprint density at radius 3 is 2.57 bits per heavy atom. The summed E-state index contributed by atoms with van der Waals surface area (Å²) in [5, 5.41) is 7.26. The predicted octanol–water partition coefficient (Wildman–Crippen LogP) is 2.11. The number of carbonyl (C=O) groups is 2. The number of hydrogen-bond acceptors (Lipinski definition) is 2. The minimum absolute atomic E-state index is 0.0271. The van der Waals surface area contributed by atoms with Gasteiger partial charge in [0.1, 0.15) is 0 Å². The third kappa shape index (κ3) is 4.97. The number of amides is 3. The summed E-state index contributed by atoms with van der Waals surface area (Å²) in [5.41, 5.74) is -0.820. The van der Waals surface area contributed by atoms with Gasteiger partial charge in [0.25, 0.3) is 0 Å². The summed E-state index contributed by atoms with van der Waals surface area (Å²) in [7, 11) is 0. The summed E-state index contributed by atoms with van der Waals surface area (Å²) in [6.07, 6.45) is -2.63. The summed E-state index contributed by atoms with van der Waals surface area (Å²) in [6.45, 7) is -0.311. The zero-order chi connectivity index (χ0) is 15.5. The number of benzene rings is 1. The molecule has 0 bridgehead atoms. The molecule has 3 amide bonds. The Hall–Kier alpha value is -2.25. The van der Waals surface area contributed by atoms with Gasteiger partial charge in [0.2, 0.25) is 5.91 Å². The van der Waals surface area contributed by atoms with Crippen LogP contribution in [0.3, 0.4) is 0 Å². The summed E-state index contributed by atoms with van der Waals surface area (Å²) in [5.74, 6) is -0.597. The molecule has 0 atom stereocenters. The molecule has 114 valence electrons. The van der Waals surface area contributed by atoms with Crippen molar-refractivity contribution in [1.29, 1.82) is 0 Å². The van der Waals surface area contributed by atoms with Crippen molar-refractivity contribution < 1.29 is 22.8 Å².